The predicted molar refractivity (Wildman–Crippen MR) is 166 cm³/mol. The Morgan fingerprint density at radius 3 is 2.26 bits per heavy atom. The van der Waals surface area contributed by atoms with Gasteiger partial charge < -0.3 is 14.5 Å². The summed E-state index contributed by atoms with van der Waals surface area (Å²) in [6, 6.07) is 22.8. The minimum absolute atomic E-state index is 0.0376. The van der Waals surface area contributed by atoms with Gasteiger partial charge in [-0.2, -0.15) is 0 Å². The highest BCUT2D eigenvalue weighted by atomic mass is 35.5. The van der Waals surface area contributed by atoms with Crippen molar-refractivity contribution in [3.05, 3.63) is 103 Å². The SMILES string of the molecule is COc1ccc(N2C(=O)[C@H]3[C@H]4C[C@@H]([C@@H]3C2=O)[C@H]2[C@H](c3ccc(OCc5ccc(Cl)cc5)cc3)c3sc(=O)[nH]c3S[C@H]42)cc1. The first kappa shape index (κ1) is 27.0. The Morgan fingerprint density at radius 2 is 1.56 bits per heavy atom. The number of aromatic nitrogens is 1. The number of thioether (sulfide) groups is 1. The highest BCUT2D eigenvalue weighted by Gasteiger charge is 2.69. The number of imide groups is 1. The van der Waals surface area contributed by atoms with Crippen LogP contribution in [0.25, 0.3) is 0 Å². The number of thiazole rings is 1. The number of hydrogen-bond acceptors (Lipinski definition) is 7. The van der Waals surface area contributed by atoms with Crippen LogP contribution in [0.4, 0.5) is 5.69 Å². The van der Waals surface area contributed by atoms with Crippen molar-refractivity contribution < 1.29 is 19.1 Å². The molecular weight excluding hydrogens is 604 g/mol. The lowest BCUT2D eigenvalue weighted by Crippen LogP contribution is -2.42. The molecule has 218 valence electrons. The van der Waals surface area contributed by atoms with Crippen LogP contribution in [-0.4, -0.2) is 29.2 Å². The molecule has 0 unspecified atom stereocenters. The largest absolute Gasteiger partial charge is 0.497 e. The number of hydrogen-bond donors (Lipinski definition) is 1. The Balaban J connectivity index is 1.10. The van der Waals surface area contributed by atoms with Crippen LogP contribution < -0.4 is 19.2 Å². The lowest BCUT2D eigenvalue weighted by Gasteiger charge is -2.43. The van der Waals surface area contributed by atoms with Gasteiger partial charge >= 0.3 is 4.87 Å². The molecule has 1 N–H and O–H groups in total. The van der Waals surface area contributed by atoms with Crippen molar-refractivity contribution in [2.45, 2.75) is 29.2 Å². The number of ether oxygens (including phenoxy) is 2. The van der Waals surface area contributed by atoms with Crippen LogP contribution in [0.3, 0.4) is 0 Å². The van der Waals surface area contributed by atoms with Crippen molar-refractivity contribution >= 4 is 52.2 Å². The van der Waals surface area contributed by atoms with Gasteiger partial charge in [0.15, 0.2) is 0 Å². The third kappa shape index (κ3) is 4.27. The summed E-state index contributed by atoms with van der Waals surface area (Å²) < 4.78 is 11.3. The third-order valence-electron chi connectivity index (χ3n) is 9.61. The monoisotopic (exact) mass is 630 g/mol. The van der Waals surface area contributed by atoms with Gasteiger partial charge in [0.2, 0.25) is 11.8 Å². The van der Waals surface area contributed by atoms with Gasteiger partial charge in [0, 0.05) is 21.1 Å². The van der Waals surface area contributed by atoms with Gasteiger partial charge in [0.25, 0.3) is 0 Å². The Kier molecular flexibility index (Phi) is 6.47. The molecule has 2 amide bonds. The van der Waals surface area contributed by atoms with E-state index in [1.807, 2.05) is 36.4 Å². The average Bonchev–Trinajstić information content (AvgIpc) is 3.76. The number of aromatic amines is 1. The smallest absolute Gasteiger partial charge is 0.305 e. The van der Waals surface area contributed by atoms with Gasteiger partial charge in [-0.3, -0.25) is 19.3 Å². The standard InChI is InChI=1S/C33H27ClN2O5S2/c1-40-20-12-8-19(9-13-20)36-31(37)26-22-14-23(27(26)32(36)38)28-25(22)24(29-30(42-28)35-33(39)43-29)17-4-10-21(11-5-17)41-15-16-2-6-18(34)7-3-16/h2-13,22-28H,14-15H2,1H3,(H,35,39)/t22-,23-,24+,25+,26+,27+,28-/m1/s1. The lowest BCUT2D eigenvalue weighted by atomic mass is 9.68. The van der Waals surface area contributed by atoms with Crippen molar-refractivity contribution in [2.24, 2.45) is 29.6 Å². The highest BCUT2D eigenvalue weighted by molar-refractivity contribution is 8.00. The molecule has 3 fully saturated rings. The first-order chi connectivity index (χ1) is 20.9. The number of H-pyrrole nitrogens is 1. The van der Waals surface area contributed by atoms with E-state index in [1.54, 1.807) is 43.1 Å². The minimum Gasteiger partial charge on any atom is -0.497 e. The van der Waals surface area contributed by atoms with Gasteiger partial charge in [-0.25, -0.2) is 0 Å². The molecule has 2 aliphatic heterocycles. The van der Waals surface area contributed by atoms with E-state index < -0.39 is 0 Å². The predicted octanol–water partition coefficient (Wildman–Crippen LogP) is 6.36. The number of amides is 2. The molecule has 2 saturated carbocycles. The summed E-state index contributed by atoms with van der Waals surface area (Å²) in [6.45, 7) is 0.429. The van der Waals surface area contributed by atoms with E-state index in [0.717, 1.165) is 33.2 Å². The Morgan fingerprint density at radius 1 is 0.884 bits per heavy atom. The lowest BCUT2D eigenvalue weighted by molar-refractivity contribution is -0.123. The number of methoxy groups -OCH3 is 1. The first-order valence-corrected chi connectivity index (χ1v) is 16.4. The maximum absolute atomic E-state index is 14.0. The van der Waals surface area contributed by atoms with E-state index >= 15 is 0 Å². The third-order valence-corrected chi connectivity index (χ3v) is 12.5. The second-order valence-electron chi connectivity index (χ2n) is 11.7. The summed E-state index contributed by atoms with van der Waals surface area (Å²) in [4.78, 5) is 45.8. The fourth-order valence-corrected chi connectivity index (χ4v) is 10.9. The summed E-state index contributed by atoms with van der Waals surface area (Å²) in [5.74, 6) is 0.788. The Bertz CT molecular complexity index is 1790. The molecule has 0 spiro atoms. The average molecular weight is 631 g/mol. The fourth-order valence-electron chi connectivity index (χ4n) is 7.89. The van der Waals surface area contributed by atoms with E-state index in [4.69, 9.17) is 21.1 Å². The molecule has 3 heterocycles. The first-order valence-electron chi connectivity index (χ1n) is 14.3. The molecule has 8 rings (SSSR count). The summed E-state index contributed by atoms with van der Waals surface area (Å²) >= 11 is 8.96. The summed E-state index contributed by atoms with van der Waals surface area (Å²) in [7, 11) is 1.59. The quantitative estimate of drug-likeness (QED) is 0.250. The number of carbonyl (C=O) groups is 2. The molecule has 7 nitrogen and oxygen atoms in total. The second kappa shape index (κ2) is 10.3. The van der Waals surface area contributed by atoms with Crippen molar-refractivity contribution in [3.8, 4) is 11.5 Å². The van der Waals surface area contributed by atoms with E-state index in [-0.39, 0.29) is 57.4 Å². The number of anilines is 1. The van der Waals surface area contributed by atoms with Gasteiger partial charge in [-0.15, -0.1) is 11.8 Å². The van der Waals surface area contributed by atoms with Crippen LogP contribution in [0.2, 0.25) is 5.02 Å². The number of fused-ring (bicyclic) bond motifs is 9. The van der Waals surface area contributed by atoms with Gasteiger partial charge in [-0.05, 0) is 83.8 Å². The number of benzene rings is 3. The van der Waals surface area contributed by atoms with Crippen LogP contribution in [0.15, 0.2) is 82.6 Å². The van der Waals surface area contributed by atoms with Crippen LogP contribution in [-0.2, 0) is 16.2 Å². The molecule has 0 radical (unpaired) electrons. The molecule has 2 aliphatic carbocycles. The van der Waals surface area contributed by atoms with E-state index in [0.29, 0.717) is 23.1 Å². The van der Waals surface area contributed by atoms with Crippen molar-refractivity contribution in [3.63, 3.8) is 0 Å². The van der Waals surface area contributed by atoms with Crippen LogP contribution in [0.1, 0.15) is 28.3 Å². The normalized spacial score (nSPS) is 28.5. The molecule has 43 heavy (non-hydrogen) atoms. The van der Waals surface area contributed by atoms with Gasteiger partial charge in [-0.1, -0.05) is 47.2 Å². The van der Waals surface area contributed by atoms with E-state index in [2.05, 4.69) is 17.1 Å². The van der Waals surface area contributed by atoms with Crippen molar-refractivity contribution in [1.82, 2.24) is 4.98 Å². The summed E-state index contributed by atoms with van der Waals surface area (Å²) in [6.07, 6.45) is 0.851. The zero-order valence-corrected chi connectivity index (χ0v) is 25.5. The maximum Gasteiger partial charge on any atom is 0.305 e. The highest BCUT2D eigenvalue weighted by Crippen LogP contribution is 2.68. The van der Waals surface area contributed by atoms with E-state index in [9.17, 15) is 14.4 Å². The Labute approximate surface area is 261 Å². The van der Waals surface area contributed by atoms with Crippen LogP contribution >= 0.6 is 34.7 Å². The molecule has 7 atom stereocenters. The van der Waals surface area contributed by atoms with Gasteiger partial charge in [0.05, 0.1) is 29.7 Å². The fraction of sp³-hybridized carbons (Fsp3) is 0.303. The molecule has 4 aliphatic rings. The number of carbonyl (C=O) groups excluding carboxylic acids is 2. The molecular formula is C33H27ClN2O5S2. The zero-order valence-electron chi connectivity index (χ0n) is 23.1. The van der Waals surface area contributed by atoms with Crippen molar-refractivity contribution in [1.29, 1.82) is 0 Å². The number of nitrogens with one attached hydrogen (secondary N) is 1. The zero-order chi connectivity index (χ0) is 29.4. The number of halogens is 1. The summed E-state index contributed by atoms with van der Waals surface area (Å²) in [5, 5.41) is 1.73. The molecule has 10 heteroatoms. The van der Waals surface area contributed by atoms with Crippen LogP contribution in [0, 0.1) is 29.6 Å². The molecule has 4 aromatic rings. The van der Waals surface area contributed by atoms with Crippen LogP contribution in [0.5, 0.6) is 11.5 Å². The molecule has 1 aromatic heterocycles. The number of rotatable bonds is 6. The van der Waals surface area contributed by atoms with Crippen molar-refractivity contribution in [2.75, 3.05) is 12.0 Å². The summed E-state index contributed by atoms with van der Waals surface area (Å²) in [5.41, 5.74) is 2.71. The maximum atomic E-state index is 14.0. The number of nitrogens with zero attached hydrogens (tertiary/aromatic N) is 1. The molecule has 2 bridgehead atoms. The Hall–Kier alpha value is -3.53. The van der Waals surface area contributed by atoms with Gasteiger partial charge in [0.1, 0.15) is 18.1 Å². The second-order valence-corrected chi connectivity index (χ2v) is 14.3. The van der Waals surface area contributed by atoms with E-state index in [1.165, 1.54) is 16.2 Å². The molecule has 3 aromatic carbocycles. The topological polar surface area (TPSA) is 88.7 Å². The molecule has 1 saturated heterocycles. The minimum atomic E-state index is -0.344.